The molecule has 0 saturated heterocycles. The summed E-state index contributed by atoms with van der Waals surface area (Å²) < 4.78 is 5.76. The van der Waals surface area contributed by atoms with Crippen LogP contribution in [-0.4, -0.2) is 25.5 Å². The summed E-state index contributed by atoms with van der Waals surface area (Å²) in [6.07, 6.45) is 0.982. The minimum atomic E-state index is 0.114. The Balaban J connectivity index is 3.00. The van der Waals surface area contributed by atoms with Gasteiger partial charge in [-0.1, -0.05) is 13.8 Å². The Hall–Kier alpha value is -0.800. The first kappa shape index (κ1) is 13.3. The van der Waals surface area contributed by atoms with Crippen molar-refractivity contribution in [3.8, 4) is 0 Å². The average Bonchev–Trinajstić information content (AvgIpc) is 2.50. The Morgan fingerprint density at radius 3 is 2.38 bits per heavy atom. The van der Waals surface area contributed by atoms with Crippen molar-refractivity contribution in [3.05, 3.63) is 23.7 Å². The van der Waals surface area contributed by atoms with Gasteiger partial charge in [0.2, 0.25) is 0 Å². The van der Waals surface area contributed by atoms with E-state index < -0.39 is 0 Å². The topological polar surface area (TPSA) is 42.4 Å². The summed E-state index contributed by atoms with van der Waals surface area (Å²) in [6.45, 7) is 7.16. The fourth-order valence-electron chi connectivity index (χ4n) is 2.45. The van der Waals surface area contributed by atoms with Crippen molar-refractivity contribution in [1.29, 1.82) is 0 Å². The van der Waals surface area contributed by atoms with Crippen molar-refractivity contribution in [3.63, 3.8) is 0 Å². The molecule has 0 amide bonds. The zero-order valence-corrected chi connectivity index (χ0v) is 11.1. The minimum Gasteiger partial charge on any atom is -0.465 e. The first-order valence-electron chi connectivity index (χ1n) is 5.81. The summed E-state index contributed by atoms with van der Waals surface area (Å²) >= 11 is 0. The van der Waals surface area contributed by atoms with E-state index in [0.29, 0.717) is 6.54 Å². The molecule has 0 fully saturated rings. The molecule has 1 aromatic heterocycles. The summed E-state index contributed by atoms with van der Waals surface area (Å²) in [6, 6.07) is 4.35. The van der Waals surface area contributed by atoms with E-state index in [1.165, 1.54) is 0 Å². The van der Waals surface area contributed by atoms with Gasteiger partial charge < -0.3 is 10.2 Å². The van der Waals surface area contributed by atoms with Gasteiger partial charge in [0.1, 0.15) is 11.5 Å². The molecule has 0 aliphatic carbocycles. The lowest BCUT2D eigenvalue weighted by Gasteiger charge is -2.37. The van der Waals surface area contributed by atoms with Crippen LogP contribution in [0.4, 0.5) is 0 Å². The molecular formula is C13H24N2O. The monoisotopic (exact) mass is 224 g/mol. The van der Waals surface area contributed by atoms with Gasteiger partial charge in [0.15, 0.2) is 0 Å². The summed E-state index contributed by atoms with van der Waals surface area (Å²) in [4.78, 5) is 2.20. The Labute approximate surface area is 98.6 Å². The van der Waals surface area contributed by atoms with E-state index in [4.69, 9.17) is 10.2 Å². The van der Waals surface area contributed by atoms with E-state index in [0.717, 1.165) is 17.9 Å². The number of furan rings is 1. The first-order chi connectivity index (χ1) is 7.38. The molecule has 1 heterocycles. The van der Waals surface area contributed by atoms with Crippen molar-refractivity contribution in [1.82, 2.24) is 4.90 Å². The average molecular weight is 224 g/mol. The number of nitrogens with zero attached hydrogens (tertiary/aromatic N) is 1. The Kier molecular flexibility index (Phi) is 4.16. The lowest BCUT2D eigenvalue weighted by molar-refractivity contribution is 0.107. The van der Waals surface area contributed by atoms with Gasteiger partial charge in [0.25, 0.3) is 0 Å². The van der Waals surface area contributed by atoms with Crippen LogP contribution >= 0.6 is 0 Å². The molecule has 16 heavy (non-hydrogen) atoms. The van der Waals surface area contributed by atoms with E-state index in [2.05, 4.69) is 38.9 Å². The smallest absolute Gasteiger partial charge is 0.121 e. The van der Waals surface area contributed by atoms with Crippen molar-refractivity contribution in [2.45, 2.75) is 33.2 Å². The van der Waals surface area contributed by atoms with Crippen LogP contribution in [0.3, 0.4) is 0 Å². The minimum absolute atomic E-state index is 0.114. The molecule has 92 valence electrons. The molecule has 3 nitrogen and oxygen atoms in total. The Morgan fingerprint density at radius 1 is 1.38 bits per heavy atom. The van der Waals surface area contributed by atoms with Gasteiger partial charge >= 0.3 is 0 Å². The Morgan fingerprint density at radius 2 is 2.00 bits per heavy atom. The highest BCUT2D eigenvalue weighted by atomic mass is 16.3. The molecule has 0 bridgehead atoms. The van der Waals surface area contributed by atoms with Crippen LogP contribution in [0.15, 0.2) is 16.5 Å². The molecular weight excluding hydrogens is 200 g/mol. The number of nitrogens with two attached hydrogens (primary N) is 1. The summed E-state index contributed by atoms with van der Waals surface area (Å²) in [7, 11) is 4.17. The van der Waals surface area contributed by atoms with Crippen LogP contribution in [-0.2, 0) is 0 Å². The molecule has 1 unspecified atom stereocenters. The summed E-state index contributed by atoms with van der Waals surface area (Å²) in [5.41, 5.74) is 5.80. The molecule has 1 rings (SSSR count). The lowest BCUT2D eigenvalue weighted by atomic mass is 9.79. The van der Waals surface area contributed by atoms with E-state index in [-0.39, 0.29) is 11.5 Å². The van der Waals surface area contributed by atoms with E-state index in [1.807, 2.05) is 13.0 Å². The van der Waals surface area contributed by atoms with Crippen LogP contribution in [0.5, 0.6) is 0 Å². The Bertz CT molecular complexity index is 328. The van der Waals surface area contributed by atoms with Crippen molar-refractivity contribution in [2.75, 3.05) is 20.6 Å². The number of aryl methyl sites for hydroxylation is 1. The fraction of sp³-hybridized carbons (Fsp3) is 0.692. The summed E-state index contributed by atoms with van der Waals surface area (Å²) in [5.74, 6) is 1.99. The molecule has 1 atom stereocenters. The molecule has 0 aliphatic heterocycles. The number of hydrogen-bond acceptors (Lipinski definition) is 3. The van der Waals surface area contributed by atoms with E-state index >= 15 is 0 Å². The molecule has 0 radical (unpaired) electrons. The van der Waals surface area contributed by atoms with Crippen molar-refractivity contribution < 1.29 is 4.42 Å². The molecule has 0 aliphatic rings. The third kappa shape index (κ3) is 2.86. The van der Waals surface area contributed by atoms with Gasteiger partial charge in [-0.25, -0.2) is 0 Å². The van der Waals surface area contributed by atoms with Crippen LogP contribution in [0.25, 0.3) is 0 Å². The predicted octanol–water partition coefficient (Wildman–Crippen LogP) is 2.57. The highest BCUT2D eigenvalue weighted by Gasteiger charge is 2.33. The van der Waals surface area contributed by atoms with Gasteiger partial charge in [0, 0.05) is 0 Å². The molecule has 1 aromatic rings. The maximum atomic E-state index is 5.76. The van der Waals surface area contributed by atoms with Gasteiger partial charge in [-0.3, -0.25) is 4.90 Å². The zero-order chi connectivity index (χ0) is 12.3. The van der Waals surface area contributed by atoms with Gasteiger partial charge in [-0.15, -0.1) is 0 Å². The van der Waals surface area contributed by atoms with E-state index in [9.17, 15) is 0 Å². The number of hydrogen-bond donors (Lipinski definition) is 1. The molecule has 0 saturated carbocycles. The second-order valence-electron chi connectivity index (χ2n) is 5.34. The standard InChI is InChI=1S/C13H24N2O/c1-10-6-7-11(16-10)12(15(4)5)13(2,3)8-9-14/h6-7,12H,8-9,14H2,1-5H3. The second-order valence-corrected chi connectivity index (χ2v) is 5.34. The maximum absolute atomic E-state index is 5.76. The fourth-order valence-corrected chi connectivity index (χ4v) is 2.45. The van der Waals surface area contributed by atoms with Crippen LogP contribution in [0, 0.1) is 12.3 Å². The SMILES string of the molecule is Cc1ccc(C(N(C)C)C(C)(C)CCN)o1. The predicted molar refractivity (Wildman–Crippen MR) is 67.3 cm³/mol. The normalized spacial score (nSPS) is 14.4. The van der Waals surface area contributed by atoms with Gasteiger partial charge in [-0.2, -0.15) is 0 Å². The van der Waals surface area contributed by atoms with Gasteiger partial charge in [-0.05, 0) is 51.5 Å². The van der Waals surface area contributed by atoms with Crippen molar-refractivity contribution in [2.24, 2.45) is 11.1 Å². The van der Waals surface area contributed by atoms with Gasteiger partial charge in [0.05, 0.1) is 6.04 Å². The highest BCUT2D eigenvalue weighted by molar-refractivity contribution is 5.12. The largest absolute Gasteiger partial charge is 0.465 e. The third-order valence-corrected chi connectivity index (χ3v) is 3.08. The van der Waals surface area contributed by atoms with Crippen LogP contribution in [0.2, 0.25) is 0 Å². The second kappa shape index (κ2) is 5.02. The molecule has 0 aromatic carbocycles. The first-order valence-corrected chi connectivity index (χ1v) is 5.81. The summed E-state index contributed by atoms with van der Waals surface area (Å²) in [5, 5.41) is 0. The van der Waals surface area contributed by atoms with Crippen molar-refractivity contribution >= 4 is 0 Å². The molecule has 0 spiro atoms. The maximum Gasteiger partial charge on any atom is 0.121 e. The van der Waals surface area contributed by atoms with E-state index in [1.54, 1.807) is 0 Å². The molecule has 2 N–H and O–H groups in total. The highest BCUT2D eigenvalue weighted by Crippen LogP contribution is 2.39. The zero-order valence-electron chi connectivity index (χ0n) is 11.1. The number of rotatable bonds is 5. The van der Waals surface area contributed by atoms with Crippen LogP contribution < -0.4 is 5.73 Å². The molecule has 3 heteroatoms. The lowest BCUT2D eigenvalue weighted by Crippen LogP contribution is -2.34. The third-order valence-electron chi connectivity index (χ3n) is 3.08. The van der Waals surface area contributed by atoms with Crippen LogP contribution in [0.1, 0.15) is 37.8 Å². The quantitative estimate of drug-likeness (QED) is 0.836.